The SMILES string of the molecule is C/C(=C\[C]=O)CCO. The van der Waals surface area contributed by atoms with Gasteiger partial charge in [0.05, 0.1) is 0 Å². The van der Waals surface area contributed by atoms with Gasteiger partial charge >= 0.3 is 0 Å². The van der Waals surface area contributed by atoms with Crippen LogP contribution in [0.4, 0.5) is 0 Å². The lowest BCUT2D eigenvalue weighted by molar-refractivity contribution is 0.299. The number of aliphatic hydroxyl groups excluding tert-OH is 1. The Morgan fingerprint density at radius 3 is 2.88 bits per heavy atom. The lowest BCUT2D eigenvalue weighted by Gasteiger charge is -1.89. The van der Waals surface area contributed by atoms with Gasteiger partial charge in [0.25, 0.3) is 0 Å². The molecule has 0 saturated heterocycles. The summed E-state index contributed by atoms with van der Waals surface area (Å²) in [5.74, 6) is 0. The highest BCUT2D eigenvalue weighted by molar-refractivity contribution is 5.66. The molecule has 0 aliphatic carbocycles. The zero-order valence-corrected chi connectivity index (χ0v) is 4.85. The zero-order chi connectivity index (χ0) is 6.41. The van der Waals surface area contributed by atoms with Gasteiger partial charge in [-0.2, -0.15) is 0 Å². The highest BCUT2D eigenvalue weighted by atomic mass is 16.2. The standard InChI is InChI=1S/C6H9O2/c1-6(2-4-7)3-5-8/h2,8H,3,5H2,1H3/b6-2+. The molecule has 0 amide bonds. The van der Waals surface area contributed by atoms with Crippen LogP contribution < -0.4 is 0 Å². The largest absolute Gasteiger partial charge is 0.396 e. The van der Waals surface area contributed by atoms with Crippen molar-refractivity contribution in [2.24, 2.45) is 0 Å². The van der Waals surface area contributed by atoms with Gasteiger partial charge in [0, 0.05) is 6.61 Å². The summed E-state index contributed by atoms with van der Waals surface area (Å²) in [6.45, 7) is 1.88. The average Bonchev–Trinajstić information content (AvgIpc) is 1.68. The molecule has 0 bridgehead atoms. The maximum absolute atomic E-state index is 9.61. The summed E-state index contributed by atoms with van der Waals surface area (Å²) >= 11 is 0. The van der Waals surface area contributed by atoms with Gasteiger partial charge in [-0.15, -0.1) is 0 Å². The topological polar surface area (TPSA) is 37.3 Å². The van der Waals surface area contributed by atoms with E-state index >= 15 is 0 Å². The molecule has 1 N–H and O–H groups in total. The summed E-state index contributed by atoms with van der Waals surface area (Å²) < 4.78 is 0. The molecule has 0 rings (SSSR count). The van der Waals surface area contributed by atoms with Gasteiger partial charge in [0.1, 0.15) is 0 Å². The van der Waals surface area contributed by atoms with Crippen molar-refractivity contribution in [1.29, 1.82) is 0 Å². The predicted molar refractivity (Wildman–Crippen MR) is 31.2 cm³/mol. The third kappa shape index (κ3) is 3.56. The van der Waals surface area contributed by atoms with Crippen molar-refractivity contribution in [3.05, 3.63) is 11.6 Å². The van der Waals surface area contributed by atoms with E-state index in [9.17, 15) is 4.79 Å². The van der Waals surface area contributed by atoms with Gasteiger partial charge in [0.15, 0.2) is 0 Å². The summed E-state index contributed by atoms with van der Waals surface area (Å²) in [6, 6.07) is 0. The molecule has 2 nitrogen and oxygen atoms in total. The molecule has 0 heterocycles. The quantitative estimate of drug-likeness (QED) is 0.539. The molecule has 0 unspecified atom stereocenters. The fourth-order valence-corrected chi connectivity index (χ4v) is 0.349. The molecule has 0 aromatic heterocycles. The number of carbonyl (C=O) groups excluding carboxylic acids is 1. The van der Waals surface area contributed by atoms with Gasteiger partial charge in [0.2, 0.25) is 6.29 Å². The van der Waals surface area contributed by atoms with Crippen LogP contribution in [0.15, 0.2) is 11.6 Å². The summed E-state index contributed by atoms with van der Waals surface area (Å²) in [7, 11) is 0. The summed E-state index contributed by atoms with van der Waals surface area (Å²) in [6.07, 6.45) is 3.52. The highest BCUT2D eigenvalue weighted by Crippen LogP contribution is 1.94. The Morgan fingerprint density at radius 2 is 2.50 bits per heavy atom. The van der Waals surface area contributed by atoms with Crippen molar-refractivity contribution in [2.45, 2.75) is 13.3 Å². The van der Waals surface area contributed by atoms with Gasteiger partial charge in [-0.25, -0.2) is 0 Å². The minimum absolute atomic E-state index is 0.101. The van der Waals surface area contributed by atoms with Crippen LogP contribution in [0.1, 0.15) is 13.3 Å². The number of hydrogen-bond donors (Lipinski definition) is 1. The van der Waals surface area contributed by atoms with Crippen LogP contribution in [-0.4, -0.2) is 18.0 Å². The van der Waals surface area contributed by atoms with E-state index in [-0.39, 0.29) is 6.61 Å². The Hall–Kier alpha value is -0.630. The minimum atomic E-state index is 0.101. The Kier molecular flexibility index (Phi) is 4.17. The zero-order valence-electron chi connectivity index (χ0n) is 4.85. The van der Waals surface area contributed by atoms with E-state index in [1.54, 1.807) is 13.2 Å². The molecule has 2 heteroatoms. The molecule has 8 heavy (non-hydrogen) atoms. The number of rotatable bonds is 3. The van der Waals surface area contributed by atoms with Crippen LogP contribution in [0.25, 0.3) is 0 Å². The van der Waals surface area contributed by atoms with E-state index in [0.717, 1.165) is 5.57 Å². The molecule has 1 radical (unpaired) electrons. The molecular formula is C6H9O2. The van der Waals surface area contributed by atoms with Crippen molar-refractivity contribution >= 4 is 6.29 Å². The van der Waals surface area contributed by atoms with Crippen molar-refractivity contribution < 1.29 is 9.90 Å². The van der Waals surface area contributed by atoms with Crippen LogP contribution in [0.3, 0.4) is 0 Å². The molecule has 0 atom stereocenters. The molecule has 0 aromatic carbocycles. The predicted octanol–water partition coefficient (Wildman–Crippen LogP) is 0.425. The van der Waals surface area contributed by atoms with Crippen molar-refractivity contribution in [3.8, 4) is 0 Å². The molecule has 0 saturated carbocycles. The molecule has 0 aliphatic heterocycles. The van der Waals surface area contributed by atoms with Gasteiger partial charge in [-0.05, 0) is 19.4 Å². The third-order valence-corrected chi connectivity index (χ3v) is 0.811. The van der Waals surface area contributed by atoms with E-state index < -0.39 is 0 Å². The second-order valence-electron chi connectivity index (χ2n) is 1.58. The first-order valence-corrected chi connectivity index (χ1v) is 2.45. The first-order valence-electron chi connectivity index (χ1n) is 2.45. The summed E-state index contributed by atoms with van der Waals surface area (Å²) in [4.78, 5) is 9.61. The maximum Gasteiger partial charge on any atom is 0.225 e. The molecular weight excluding hydrogens is 104 g/mol. The van der Waals surface area contributed by atoms with E-state index in [0.29, 0.717) is 6.42 Å². The van der Waals surface area contributed by atoms with Crippen molar-refractivity contribution in [2.75, 3.05) is 6.61 Å². The Balaban J connectivity index is 3.44. The van der Waals surface area contributed by atoms with E-state index in [2.05, 4.69) is 0 Å². The highest BCUT2D eigenvalue weighted by Gasteiger charge is 1.84. The number of hydrogen-bond acceptors (Lipinski definition) is 2. The van der Waals surface area contributed by atoms with Crippen LogP contribution in [0.5, 0.6) is 0 Å². The van der Waals surface area contributed by atoms with Gasteiger partial charge in [-0.3, -0.25) is 4.79 Å². The van der Waals surface area contributed by atoms with E-state index in [1.807, 2.05) is 0 Å². The fraction of sp³-hybridized carbons (Fsp3) is 0.500. The Bertz CT molecular complexity index is 94.7. The van der Waals surface area contributed by atoms with Gasteiger partial charge in [-0.1, -0.05) is 5.57 Å². The summed E-state index contributed by atoms with van der Waals surface area (Å²) in [5.41, 5.74) is 0.863. The Labute approximate surface area is 48.8 Å². The second kappa shape index (κ2) is 4.53. The molecule has 0 spiro atoms. The monoisotopic (exact) mass is 113 g/mol. The second-order valence-corrected chi connectivity index (χ2v) is 1.58. The van der Waals surface area contributed by atoms with E-state index in [1.165, 1.54) is 6.08 Å². The van der Waals surface area contributed by atoms with Crippen LogP contribution >= 0.6 is 0 Å². The Morgan fingerprint density at radius 1 is 1.88 bits per heavy atom. The lowest BCUT2D eigenvalue weighted by Crippen LogP contribution is -1.83. The molecule has 0 fully saturated rings. The van der Waals surface area contributed by atoms with Crippen LogP contribution in [0.2, 0.25) is 0 Å². The lowest BCUT2D eigenvalue weighted by atomic mass is 10.2. The smallest absolute Gasteiger partial charge is 0.225 e. The summed E-state index contributed by atoms with van der Waals surface area (Å²) in [5, 5.41) is 8.29. The number of allylic oxidation sites excluding steroid dienone is 1. The third-order valence-electron chi connectivity index (χ3n) is 0.811. The minimum Gasteiger partial charge on any atom is -0.396 e. The van der Waals surface area contributed by atoms with Crippen molar-refractivity contribution in [3.63, 3.8) is 0 Å². The molecule has 0 aliphatic rings. The average molecular weight is 113 g/mol. The van der Waals surface area contributed by atoms with Crippen LogP contribution in [-0.2, 0) is 4.79 Å². The first kappa shape index (κ1) is 7.37. The first-order chi connectivity index (χ1) is 3.81. The molecule has 0 aromatic rings. The normalized spacial score (nSPS) is 11.5. The van der Waals surface area contributed by atoms with Crippen molar-refractivity contribution in [1.82, 2.24) is 0 Å². The van der Waals surface area contributed by atoms with Crippen LogP contribution in [0, 0.1) is 0 Å². The molecule has 45 valence electrons. The van der Waals surface area contributed by atoms with Gasteiger partial charge < -0.3 is 5.11 Å². The maximum atomic E-state index is 9.61. The number of aliphatic hydroxyl groups is 1. The van der Waals surface area contributed by atoms with E-state index in [4.69, 9.17) is 5.11 Å². The fourth-order valence-electron chi connectivity index (χ4n) is 0.349.